The summed E-state index contributed by atoms with van der Waals surface area (Å²) < 4.78 is 10.7. The lowest BCUT2D eigenvalue weighted by Crippen LogP contribution is -2.31. The number of benzene rings is 1. The predicted octanol–water partition coefficient (Wildman–Crippen LogP) is 2.43. The van der Waals surface area contributed by atoms with Gasteiger partial charge >= 0.3 is 0 Å². The molecule has 0 heterocycles. The van der Waals surface area contributed by atoms with Gasteiger partial charge in [-0.3, -0.25) is 4.79 Å². The molecule has 0 spiro atoms. The van der Waals surface area contributed by atoms with Crippen LogP contribution in [0.3, 0.4) is 0 Å². The number of carbonyl (C=O) groups excluding carboxylic acids is 1. The maximum absolute atomic E-state index is 11.6. The van der Waals surface area contributed by atoms with Gasteiger partial charge in [-0.05, 0) is 31.9 Å². The zero-order valence-corrected chi connectivity index (χ0v) is 13.1. The lowest BCUT2D eigenvalue weighted by atomic mass is 10.2. The van der Waals surface area contributed by atoms with Crippen molar-refractivity contribution in [3.8, 4) is 5.75 Å². The average molecular weight is 294 g/mol. The molecular formula is C16H26N2O3. The molecule has 0 fully saturated rings. The van der Waals surface area contributed by atoms with Gasteiger partial charge in [-0.1, -0.05) is 13.0 Å². The molecule has 0 saturated heterocycles. The second-order valence-electron chi connectivity index (χ2n) is 4.91. The van der Waals surface area contributed by atoms with Crippen LogP contribution in [0.5, 0.6) is 5.75 Å². The van der Waals surface area contributed by atoms with E-state index in [4.69, 9.17) is 9.47 Å². The van der Waals surface area contributed by atoms with Gasteiger partial charge in [-0.15, -0.1) is 0 Å². The van der Waals surface area contributed by atoms with Crippen molar-refractivity contribution in [2.75, 3.05) is 32.1 Å². The molecule has 0 aromatic heterocycles. The molecule has 0 radical (unpaired) electrons. The van der Waals surface area contributed by atoms with Gasteiger partial charge in [0.1, 0.15) is 5.75 Å². The molecule has 1 atom stereocenters. The SMILES string of the molecule is CCC(C)Oc1cccc(NCC(=O)NCCCOC)c1. The number of carbonyl (C=O) groups is 1. The lowest BCUT2D eigenvalue weighted by molar-refractivity contribution is -0.119. The normalized spacial score (nSPS) is 11.8. The van der Waals surface area contributed by atoms with Gasteiger partial charge in [-0.25, -0.2) is 0 Å². The van der Waals surface area contributed by atoms with Crippen molar-refractivity contribution in [2.45, 2.75) is 32.8 Å². The summed E-state index contributed by atoms with van der Waals surface area (Å²) in [6.45, 7) is 5.66. The number of rotatable bonds is 10. The van der Waals surface area contributed by atoms with Crippen LogP contribution < -0.4 is 15.4 Å². The summed E-state index contributed by atoms with van der Waals surface area (Å²) in [4.78, 5) is 11.6. The fourth-order valence-corrected chi connectivity index (χ4v) is 1.68. The molecule has 1 aromatic carbocycles. The molecular weight excluding hydrogens is 268 g/mol. The van der Waals surface area contributed by atoms with Gasteiger partial charge in [0.15, 0.2) is 0 Å². The Kier molecular flexibility index (Phi) is 8.28. The quantitative estimate of drug-likeness (QED) is 0.651. The first-order chi connectivity index (χ1) is 10.2. The minimum Gasteiger partial charge on any atom is -0.491 e. The third-order valence-corrected chi connectivity index (χ3v) is 3.05. The van der Waals surface area contributed by atoms with Gasteiger partial charge < -0.3 is 20.1 Å². The molecule has 0 saturated carbocycles. The standard InChI is InChI=1S/C16H26N2O3/c1-4-13(2)21-15-8-5-7-14(11-15)18-12-16(19)17-9-6-10-20-3/h5,7-8,11,13,18H,4,6,9-10,12H2,1-3H3,(H,17,19). The van der Waals surface area contributed by atoms with Gasteiger partial charge in [0.05, 0.1) is 12.6 Å². The minimum absolute atomic E-state index is 0.0284. The molecule has 2 N–H and O–H groups in total. The molecule has 5 nitrogen and oxygen atoms in total. The number of hydrogen-bond acceptors (Lipinski definition) is 4. The van der Waals surface area contributed by atoms with Crippen LogP contribution in [0.1, 0.15) is 26.7 Å². The second kappa shape index (κ2) is 10.0. The Hall–Kier alpha value is -1.75. The monoisotopic (exact) mass is 294 g/mol. The van der Waals surface area contributed by atoms with Gasteiger partial charge in [0, 0.05) is 32.0 Å². The molecule has 118 valence electrons. The predicted molar refractivity (Wildman–Crippen MR) is 84.8 cm³/mol. The highest BCUT2D eigenvalue weighted by molar-refractivity contribution is 5.80. The molecule has 1 rings (SSSR count). The Balaban J connectivity index is 2.34. The second-order valence-corrected chi connectivity index (χ2v) is 4.91. The van der Waals surface area contributed by atoms with Crippen molar-refractivity contribution < 1.29 is 14.3 Å². The summed E-state index contributed by atoms with van der Waals surface area (Å²) in [5, 5.41) is 5.92. The van der Waals surface area contributed by atoms with E-state index < -0.39 is 0 Å². The Morgan fingerprint density at radius 3 is 2.90 bits per heavy atom. The van der Waals surface area contributed by atoms with Crippen molar-refractivity contribution in [3.63, 3.8) is 0 Å². The average Bonchev–Trinajstić information content (AvgIpc) is 2.50. The topological polar surface area (TPSA) is 59.6 Å². The molecule has 0 bridgehead atoms. The summed E-state index contributed by atoms with van der Waals surface area (Å²) in [7, 11) is 1.65. The molecule has 0 aliphatic rings. The van der Waals surface area contributed by atoms with Crippen molar-refractivity contribution in [3.05, 3.63) is 24.3 Å². The zero-order chi connectivity index (χ0) is 15.5. The summed E-state index contributed by atoms with van der Waals surface area (Å²) >= 11 is 0. The minimum atomic E-state index is -0.0284. The van der Waals surface area contributed by atoms with E-state index in [0.717, 1.165) is 24.3 Å². The van der Waals surface area contributed by atoms with E-state index in [1.807, 2.05) is 31.2 Å². The van der Waals surface area contributed by atoms with Crippen LogP contribution in [0.15, 0.2) is 24.3 Å². The molecule has 21 heavy (non-hydrogen) atoms. The van der Waals surface area contributed by atoms with E-state index >= 15 is 0 Å². The van der Waals surface area contributed by atoms with Crippen molar-refractivity contribution in [2.24, 2.45) is 0 Å². The third kappa shape index (κ3) is 7.56. The number of nitrogens with one attached hydrogen (secondary N) is 2. The maximum atomic E-state index is 11.6. The molecule has 0 aliphatic heterocycles. The molecule has 5 heteroatoms. The third-order valence-electron chi connectivity index (χ3n) is 3.05. The lowest BCUT2D eigenvalue weighted by Gasteiger charge is -2.14. The molecule has 1 aromatic rings. The van der Waals surface area contributed by atoms with Crippen LogP contribution in [0.2, 0.25) is 0 Å². The van der Waals surface area contributed by atoms with Crippen molar-refractivity contribution in [1.29, 1.82) is 0 Å². The number of hydrogen-bond donors (Lipinski definition) is 2. The van der Waals surface area contributed by atoms with Gasteiger partial charge in [0.2, 0.25) is 5.91 Å². The van der Waals surface area contributed by atoms with Crippen molar-refractivity contribution in [1.82, 2.24) is 5.32 Å². The van der Waals surface area contributed by atoms with E-state index in [9.17, 15) is 4.79 Å². The zero-order valence-electron chi connectivity index (χ0n) is 13.1. The Bertz CT molecular complexity index is 424. The van der Waals surface area contributed by atoms with E-state index in [1.54, 1.807) is 7.11 Å². The number of methoxy groups -OCH3 is 1. The van der Waals surface area contributed by atoms with E-state index in [2.05, 4.69) is 17.6 Å². The summed E-state index contributed by atoms with van der Waals surface area (Å²) in [6.07, 6.45) is 1.96. The van der Waals surface area contributed by atoms with Gasteiger partial charge in [-0.2, -0.15) is 0 Å². The largest absolute Gasteiger partial charge is 0.491 e. The molecule has 1 unspecified atom stereocenters. The smallest absolute Gasteiger partial charge is 0.239 e. The fourth-order valence-electron chi connectivity index (χ4n) is 1.68. The summed E-state index contributed by atoms with van der Waals surface area (Å²) in [5.74, 6) is 0.786. The highest BCUT2D eigenvalue weighted by Crippen LogP contribution is 2.18. The van der Waals surface area contributed by atoms with Crippen LogP contribution in [-0.4, -0.2) is 38.8 Å². The van der Waals surface area contributed by atoms with Gasteiger partial charge in [0.25, 0.3) is 0 Å². The number of anilines is 1. The molecule has 0 aliphatic carbocycles. The molecule has 1 amide bonds. The first-order valence-electron chi connectivity index (χ1n) is 7.42. The summed E-state index contributed by atoms with van der Waals surface area (Å²) in [5.41, 5.74) is 0.878. The maximum Gasteiger partial charge on any atom is 0.239 e. The first kappa shape index (κ1) is 17.3. The Labute approximate surface area is 127 Å². The van der Waals surface area contributed by atoms with Crippen LogP contribution in [0.4, 0.5) is 5.69 Å². The highest BCUT2D eigenvalue weighted by atomic mass is 16.5. The van der Waals surface area contributed by atoms with E-state index in [1.165, 1.54) is 0 Å². The van der Waals surface area contributed by atoms with E-state index in [0.29, 0.717) is 13.2 Å². The number of ether oxygens (including phenoxy) is 2. The van der Waals surface area contributed by atoms with Crippen LogP contribution in [0.25, 0.3) is 0 Å². The summed E-state index contributed by atoms with van der Waals surface area (Å²) in [6, 6.07) is 7.66. The van der Waals surface area contributed by atoms with Crippen LogP contribution in [-0.2, 0) is 9.53 Å². The fraction of sp³-hybridized carbons (Fsp3) is 0.562. The highest BCUT2D eigenvalue weighted by Gasteiger charge is 2.04. The van der Waals surface area contributed by atoms with Crippen LogP contribution >= 0.6 is 0 Å². The Morgan fingerprint density at radius 2 is 2.19 bits per heavy atom. The number of amides is 1. The first-order valence-corrected chi connectivity index (χ1v) is 7.42. The van der Waals surface area contributed by atoms with Crippen molar-refractivity contribution >= 4 is 11.6 Å². The van der Waals surface area contributed by atoms with E-state index in [-0.39, 0.29) is 18.6 Å². The van der Waals surface area contributed by atoms with Crippen LogP contribution in [0, 0.1) is 0 Å². The Morgan fingerprint density at radius 1 is 1.38 bits per heavy atom.